The number of hydrogen-bond donors (Lipinski definition) is 1. The van der Waals surface area contributed by atoms with Crippen LogP contribution in [-0.4, -0.2) is 37.1 Å². The molecule has 1 heterocycles. The Labute approximate surface area is 153 Å². The first kappa shape index (κ1) is 17.9. The van der Waals surface area contributed by atoms with E-state index in [4.69, 9.17) is 16.3 Å². The molecule has 0 radical (unpaired) electrons. The molecule has 1 fully saturated rings. The molecule has 5 heteroatoms. The third-order valence-electron chi connectivity index (χ3n) is 4.24. The van der Waals surface area contributed by atoms with Gasteiger partial charge in [0.15, 0.2) is 0 Å². The maximum absolute atomic E-state index is 12.1. The highest BCUT2D eigenvalue weighted by Gasteiger charge is 2.11. The van der Waals surface area contributed by atoms with E-state index in [-0.39, 0.29) is 5.91 Å². The fourth-order valence-corrected chi connectivity index (χ4v) is 3.16. The third-order valence-corrected chi connectivity index (χ3v) is 4.48. The Hall–Kier alpha value is -1.88. The highest BCUT2D eigenvalue weighted by atomic mass is 35.5. The van der Waals surface area contributed by atoms with E-state index >= 15 is 0 Å². The van der Waals surface area contributed by atoms with Gasteiger partial charge in [-0.3, -0.25) is 9.69 Å². The van der Waals surface area contributed by atoms with Gasteiger partial charge >= 0.3 is 0 Å². The van der Waals surface area contributed by atoms with Crippen LogP contribution >= 0.6 is 11.6 Å². The summed E-state index contributed by atoms with van der Waals surface area (Å²) in [5, 5.41) is 3.64. The molecule has 0 saturated carbocycles. The molecule has 132 valence electrons. The molecule has 0 unspecified atom stereocenters. The van der Waals surface area contributed by atoms with E-state index < -0.39 is 0 Å². The molecule has 1 saturated heterocycles. The summed E-state index contributed by atoms with van der Waals surface area (Å²) in [6, 6.07) is 15.8. The predicted molar refractivity (Wildman–Crippen MR) is 99.5 cm³/mol. The topological polar surface area (TPSA) is 41.6 Å². The molecule has 2 aromatic rings. The number of nitrogens with zero attached hydrogens (tertiary/aromatic N) is 1. The summed E-state index contributed by atoms with van der Waals surface area (Å²) in [7, 11) is 0. The molecule has 1 N–H and O–H groups in total. The Morgan fingerprint density at radius 2 is 1.76 bits per heavy atom. The van der Waals surface area contributed by atoms with Gasteiger partial charge in [0.05, 0.1) is 19.6 Å². The first-order valence-electron chi connectivity index (χ1n) is 8.58. The number of carbonyl (C=O) groups excluding carboxylic acids is 1. The zero-order valence-corrected chi connectivity index (χ0v) is 15.0. The van der Waals surface area contributed by atoms with Crippen molar-refractivity contribution in [1.29, 1.82) is 0 Å². The summed E-state index contributed by atoms with van der Waals surface area (Å²) in [4.78, 5) is 14.5. The van der Waals surface area contributed by atoms with Gasteiger partial charge in [0, 0.05) is 31.2 Å². The number of nitrogens with one attached hydrogen (secondary N) is 1. The number of benzene rings is 2. The summed E-state index contributed by atoms with van der Waals surface area (Å²) < 4.78 is 5.38. The summed E-state index contributed by atoms with van der Waals surface area (Å²) in [5.41, 5.74) is 3.31. The van der Waals surface area contributed by atoms with Crippen LogP contribution in [-0.2, 0) is 29.0 Å². The van der Waals surface area contributed by atoms with E-state index in [1.807, 2.05) is 36.4 Å². The quantitative estimate of drug-likeness (QED) is 0.863. The van der Waals surface area contributed by atoms with Crippen LogP contribution in [0.1, 0.15) is 16.7 Å². The highest BCUT2D eigenvalue weighted by molar-refractivity contribution is 6.30. The SMILES string of the molecule is O=C(Cc1cccc(Cl)c1)NCc1cccc(CN2CCOCC2)c1. The number of ether oxygens (including phenoxy) is 1. The minimum Gasteiger partial charge on any atom is -0.379 e. The predicted octanol–water partition coefficient (Wildman–Crippen LogP) is 3.03. The molecule has 0 aromatic heterocycles. The Bertz CT molecular complexity index is 714. The van der Waals surface area contributed by atoms with E-state index in [9.17, 15) is 4.79 Å². The first-order chi connectivity index (χ1) is 12.2. The molecule has 0 aliphatic carbocycles. The van der Waals surface area contributed by atoms with Crippen LogP contribution in [0.5, 0.6) is 0 Å². The fourth-order valence-electron chi connectivity index (χ4n) is 2.95. The zero-order valence-electron chi connectivity index (χ0n) is 14.2. The average Bonchev–Trinajstić information content (AvgIpc) is 2.61. The van der Waals surface area contributed by atoms with Gasteiger partial charge in [0.2, 0.25) is 5.91 Å². The van der Waals surface area contributed by atoms with E-state index in [0.29, 0.717) is 18.0 Å². The number of hydrogen-bond acceptors (Lipinski definition) is 3. The molecule has 3 rings (SSSR count). The first-order valence-corrected chi connectivity index (χ1v) is 8.96. The van der Waals surface area contributed by atoms with Crippen molar-refractivity contribution in [1.82, 2.24) is 10.2 Å². The molecule has 1 aliphatic heterocycles. The maximum atomic E-state index is 12.1. The number of rotatable bonds is 6. The van der Waals surface area contributed by atoms with Gasteiger partial charge in [-0.25, -0.2) is 0 Å². The molecule has 2 aromatic carbocycles. The van der Waals surface area contributed by atoms with Crippen LogP contribution in [0.15, 0.2) is 48.5 Å². The average molecular weight is 359 g/mol. The summed E-state index contributed by atoms with van der Waals surface area (Å²) >= 11 is 5.96. The van der Waals surface area contributed by atoms with Gasteiger partial charge < -0.3 is 10.1 Å². The minimum absolute atomic E-state index is 0.000786. The Morgan fingerprint density at radius 3 is 2.56 bits per heavy atom. The molecule has 0 bridgehead atoms. The Morgan fingerprint density at radius 1 is 1.04 bits per heavy atom. The van der Waals surface area contributed by atoms with Crippen LogP contribution in [0.25, 0.3) is 0 Å². The van der Waals surface area contributed by atoms with E-state index in [2.05, 4.69) is 22.3 Å². The Kier molecular flexibility index (Phi) is 6.45. The molecule has 0 atom stereocenters. The van der Waals surface area contributed by atoms with Crippen molar-refractivity contribution in [3.63, 3.8) is 0 Å². The lowest BCUT2D eigenvalue weighted by Gasteiger charge is -2.26. The van der Waals surface area contributed by atoms with Crippen molar-refractivity contribution in [2.24, 2.45) is 0 Å². The van der Waals surface area contributed by atoms with E-state index in [1.165, 1.54) is 5.56 Å². The summed E-state index contributed by atoms with van der Waals surface area (Å²) in [5.74, 6) is 0.000786. The van der Waals surface area contributed by atoms with Crippen molar-refractivity contribution in [2.45, 2.75) is 19.5 Å². The maximum Gasteiger partial charge on any atom is 0.224 e. The second-order valence-electron chi connectivity index (χ2n) is 6.29. The number of halogens is 1. The molecule has 0 spiro atoms. The molecular weight excluding hydrogens is 336 g/mol. The third kappa shape index (κ3) is 5.85. The fraction of sp³-hybridized carbons (Fsp3) is 0.350. The van der Waals surface area contributed by atoms with Crippen molar-refractivity contribution >= 4 is 17.5 Å². The van der Waals surface area contributed by atoms with Crippen LogP contribution in [0.2, 0.25) is 5.02 Å². The van der Waals surface area contributed by atoms with Crippen molar-refractivity contribution in [2.75, 3.05) is 26.3 Å². The number of carbonyl (C=O) groups is 1. The molecule has 4 nitrogen and oxygen atoms in total. The molecule has 1 amide bonds. The van der Waals surface area contributed by atoms with Crippen molar-refractivity contribution in [3.8, 4) is 0 Å². The molecule has 1 aliphatic rings. The van der Waals surface area contributed by atoms with Gasteiger partial charge in [-0.2, -0.15) is 0 Å². The van der Waals surface area contributed by atoms with Crippen molar-refractivity contribution in [3.05, 3.63) is 70.2 Å². The lowest BCUT2D eigenvalue weighted by Crippen LogP contribution is -2.35. The number of amides is 1. The smallest absolute Gasteiger partial charge is 0.224 e. The van der Waals surface area contributed by atoms with Gasteiger partial charge in [0.25, 0.3) is 0 Å². The lowest BCUT2D eigenvalue weighted by molar-refractivity contribution is -0.120. The Balaban J connectivity index is 1.50. The number of morpholine rings is 1. The standard InChI is InChI=1S/C20H23ClN2O2/c21-19-6-2-3-16(12-19)13-20(24)22-14-17-4-1-5-18(11-17)15-23-7-9-25-10-8-23/h1-6,11-12H,7-10,13-15H2,(H,22,24). The summed E-state index contributed by atoms with van der Waals surface area (Å²) in [6.45, 7) is 5.02. The molecule has 25 heavy (non-hydrogen) atoms. The van der Waals surface area contributed by atoms with Gasteiger partial charge in [-0.1, -0.05) is 48.0 Å². The monoisotopic (exact) mass is 358 g/mol. The van der Waals surface area contributed by atoms with Gasteiger partial charge in [-0.05, 0) is 28.8 Å². The van der Waals surface area contributed by atoms with Gasteiger partial charge in [-0.15, -0.1) is 0 Å². The van der Waals surface area contributed by atoms with E-state index in [1.54, 1.807) is 0 Å². The van der Waals surface area contributed by atoms with Crippen LogP contribution < -0.4 is 5.32 Å². The normalized spacial score (nSPS) is 15.1. The largest absolute Gasteiger partial charge is 0.379 e. The van der Waals surface area contributed by atoms with Crippen LogP contribution in [0.3, 0.4) is 0 Å². The zero-order chi connectivity index (χ0) is 17.5. The second-order valence-corrected chi connectivity index (χ2v) is 6.73. The van der Waals surface area contributed by atoms with Crippen LogP contribution in [0, 0.1) is 0 Å². The molecular formula is C20H23ClN2O2. The highest BCUT2D eigenvalue weighted by Crippen LogP contribution is 2.12. The second kappa shape index (κ2) is 8.99. The minimum atomic E-state index is 0.000786. The van der Waals surface area contributed by atoms with Gasteiger partial charge in [0.1, 0.15) is 0 Å². The van der Waals surface area contributed by atoms with Crippen molar-refractivity contribution < 1.29 is 9.53 Å². The van der Waals surface area contributed by atoms with Crippen LogP contribution in [0.4, 0.5) is 0 Å². The summed E-state index contributed by atoms with van der Waals surface area (Å²) in [6.07, 6.45) is 0.341. The lowest BCUT2D eigenvalue weighted by atomic mass is 10.1. The van der Waals surface area contributed by atoms with E-state index in [0.717, 1.165) is 44.0 Å².